The molecule has 2 aliphatic rings. The zero-order valence-corrected chi connectivity index (χ0v) is 19.0. The molecule has 4 rings (SSSR count). The Morgan fingerprint density at radius 1 is 1.16 bits per heavy atom. The van der Waals surface area contributed by atoms with Crippen molar-refractivity contribution in [3.63, 3.8) is 0 Å². The second-order valence-electron chi connectivity index (χ2n) is 8.40. The number of nitrogens with one attached hydrogen (secondary N) is 2. The van der Waals surface area contributed by atoms with E-state index in [1.54, 1.807) is 19.3 Å². The van der Waals surface area contributed by atoms with Gasteiger partial charge in [0.25, 0.3) is 0 Å². The maximum atomic E-state index is 13.3. The number of hydrogen-bond acceptors (Lipinski definition) is 6. The average Bonchev–Trinajstić information content (AvgIpc) is 3.28. The number of rotatable bonds is 7. The summed E-state index contributed by atoms with van der Waals surface area (Å²) in [4.78, 5) is 15.2. The average molecular weight is 438 g/mol. The van der Waals surface area contributed by atoms with Gasteiger partial charge in [0.2, 0.25) is 5.91 Å². The summed E-state index contributed by atoms with van der Waals surface area (Å²) in [6.45, 7) is 10.7. The van der Waals surface area contributed by atoms with Crippen LogP contribution in [0.4, 0.5) is 0 Å². The summed E-state index contributed by atoms with van der Waals surface area (Å²) in [5.74, 6) is 1.40. The molecule has 0 radical (unpaired) electrons. The fourth-order valence-electron chi connectivity index (χ4n) is 5.19. The van der Waals surface area contributed by atoms with Crippen LogP contribution in [0.1, 0.15) is 41.3 Å². The lowest BCUT2D eigenvalue weighted by molar-refractivity contribution is -0.130. The van der Waals surface area contributed by atoms with Gasteiger partial charge in [0, 0.05) is 18.0 Å². The number of aromatic hydroxyl groups is 1. The Balaban J connectivity index is 1.82. The van der Waals surface area contributed by atoms with Crippen LogP contribution in [0.15, 0.2) is 43.0 Å². The summed E-state index contributed by atoms with van der Waals surface area (Å²) >= 11 is 0. The molecule has 2 fully saturated rings. The first-order valence-corrected chi connectivity index (χ1v) is 10.9. The van der Waals surface area contributed by atoms with Crippen LogP contribution in [0.3, 0.4) is 0 Å². The summed E-state index contributed by atoms with van der Waals surface area (Å²) in [5, 5.41) is 10.8. The van der Waals surface area contributed by atoms with E-state index in [0.29, 0.717) is 24.7 Å². The van der Waals surface area contributed by atoms with Crippen molar-refractivity contribution in [2.75, 3.05) is 20.3 Å². The van der Waals surface area contributed by atoms with Crippen molar-refractivity contribution in [3.05, 3.63) is 65.2 Å². The summed E-state index contributed by atoms with van der Waals surface area (Å²) in [6, 6.07) is 8.75. The number of aryl methyl sites for hydroxylation is 2. The van der Waals surface area contributed by atoms with E-state index in [1.165, 1.54) is 0 Å². The monoisotopic (exact) mass is 437 g/mol. The molecule has 0 aromatic heterocycles. The number of fused-ring (bicyclic) bond motifs is 1. The van der Waals surface area contributed by atoms with Gasteiger partial charge in [0.1, 0.15) is 11.8 Å². The Labute approximate surface area is 189 Å². The second kappa shape index (κ2) is 8.84. The van der Waals surface area contributed by atoms with Gasteiger partial charge >= 0.3 is 0 Å². The highest BCUT2D eigenvalue weighted by molar-refractivity contribution is 5.86. The normalized spacial score (nSPS) is 24.5. The second-order valence-corrected chi connectivity index (χ2v) is 8.40. The summed E-state index contributed by atoms with van der Waals surface area (Å²) < 4.78 is 11.3. The number of hydrazine groups is 1. The van der Waals surface area contributed by atoms with Crippen LogP contribution < -0.4 is 20.3 Å². The van der Waals surface area contributed by atoms with Crippen molar-refractivity contribution in [2.45, 2.75) is 38.9 Å². The molecule has 4 atom stereocenters. The van der Waals surface area contributed by atoms with Gasteiger partial charge in [-0.3, -0.25) is 4.79 Å². The third-order valence-corrected chi connectivity index (χ3v) is 6.39. The number of amides is 1. The number of likely N-dealkylation sites (tertiary alicyclic amines) is 1. The molecule has 7 heteroatoms. The Hall–Kier alpha value is -3.03. The number of nitrogens with zero attached hydrogens (tertiary/aromatic N) is 1. The number of carbonyl (C=O) groups is 1. The maximum Gasteiger partial charge on any atom is 0.242 e. The van der Waals surface area contributed by atoms with E-state index in [-0.39, 0.29) is 29.7 Å². The number of benzene rings is 2. The van der Waals surface area contributed by atoms with Gasteiger partial charge in [-0.25, -0.2) is 10.9 Å². The molecular weight excluding hydrogens is 406 g/mol. The van der Waals surface area contributed by atoms with Crippen molar-refractivity contribution < 1.29 is 19.4 Å². The number of ether oxygens (including phenoxy) is 2. The molecule has 7 nitrogen and oxygen atoms in total. The van der Waals surface area contributed by atoms with E-state index in [1.807, 2.05) is 43.9 Å². The number of carbonyl (C=O) groups excluding carboxylic acids is 1. The van der Waals surface area contributed by atoms with Gasteiger partial charge in [-0.05, 0) is 55.7 Å². The lowest BCUT2D eigenvalue weighted by atomic mass is 9.81. The molecule has 0 bridgehead atoms. The van der Waals surface area contributed by atoms with Crippen molar-refractivity contribution in [1.82, 2.24) is 15.8 Å². The number of methoxy groups -OCH3 is 1. The third-order valence-electron chi connectivity index (χ3n) is 6.39. The van der Waals surface area contributed by atoms with Crippen LogP contribution >= 0.6 is 0 Å². The van der Waals surface area contributed by atoms with E-state index in [0.717, 1.165) is 22.3 Å². The Morgan fingerprint density at radius 2 is 1.91 bits per heavy atom. The summed E-state index contributed by atoms with van der Waals surface area (Å²) in [7, 11) is 1.61. The number of hydrogen-bond donors (Lipinski definition) is 3. The topological polar surface area (TPSA) is 83.1 Å². The lowest BCUT2D eigenvalue weighted by Gasteiger charge is -2.31. The van der Waals surface area contributed by atoms with Crippen LogP contribution in [-0.4, -0.2) is 42.2 Å². The van der Waals surface area contributed by atoms with E-state index in [2.05, 4.69) is 23.5 Å². The van der Waals surface area contributed by atoms with Gasteiger partial charge < -0.3 is 19.5 Å². The highest BCUT2D eigenvalue weighted by Crippen LogP contribution is 2.50. The minimum atomic E-state index is -0.414. The first kappa shape index (κ1) is 22.2. The van der Waals surface area contributed by atoms with Crippen molar-refractivity contribution in [3.8, 4) is 17.2 Å². The highest BCUT2D eigenvalue weighted by atomic mass is 16.5. The van der Waals surface area contributed by atoms with Crippen molar-refractivity contribution in [1.29, 1.82) is 0 Å². The minimum absolute atomic E-state index is 0.00649. The molecule has 32 heavy (non-hydrogen) atoms. The van der Waals surface area contributed by atoms with Gasteiger partial charge in [-0.2, -0.15) is 0 Å². The Bertz CT molecular complexity index is 1010. The SMILES string of the molecule is C=CCN1C(=O)C2NNC(c3c(C)cc(C)cc3O)C2C1c1ccc(OCC)c(OC)c1. The molecular formula is C25H31N3O4. The zero-order chi connectivity index (χ0) is 23.0. The molecule has 2 aromatic rings. The Kier molecular flexibility index (Phi) is 6.13. The fourth-order valence-corrected chi connectivity index (χ4v) is 5.19. The van der Waals surface area contributed by atoms with Crippen LogP contribution in [-0.2, 0) is 4.79 Å². The van der Waals surface area contributed by atoms with E-state index < -0.39 is 6.04 Å². The largest absolute Gasteiger partial charge is 0.508 e. The number of phenolic OH excluding ortho intramolecular Hbond substituents is 1. The number of phenols is 1. The smallest absolute Gasteiger partial charge is 0.242 e. The van der Waals surface area contributed by atoms with Gasteiger partial charge in [-0.1, -0.05) is 18.2 Å². The molecule has 3 N–H and O–H groups in total. The molecule has 0 aliphatic carbocycles. The zero-order valence-electron chi connectivity index (χ0n) is 19.0. The molecule has 2 aliphatic heterocycles. The van der Waals surface area contributed by atoms with Gasteiger partial charge in [0.05, 0.1) is 25.8 Å². The quantitative estimate of drug-likeness (QED) is 0.577. The molecule has 2 saturated heterocycles. The van der Waals surface area contributed by atoms with Crippen molar-refractivity contribution in [2.24, 2.45) is 5.92 Å². The molecule has 2 heterocycles. The minimum Gasteiger partial charge on any atom is -0.508 e. The Morgan fingerprint density at radius 3 is 2.56 bits per heavy atom. The molecule has 0 saturated carbocycles. The first-order chi connectivity index (χ1) is 15.4. The van der Waals surface area contributed by atoms with E-state index in [4.69, 9.17) is 9.47 Å². The van der Waals surface area contributed by atoms with E-state index >= 15 is 0 Å². The summed E-state index contributed by atoms with van der Waals surface area (Å²) in [6.07, 6.45) is 1.74. The fraction of sp³-hybridized carbons (Fsp3) is 0.400. The van der Waals surface area contributed by atoms with E-state index in [9.17, 15) is 9.90 Å². The molecule has 4 unspecified atom stereocenters. The molecule has 0 spiro atoms. The van der Waals surface area contributed by atoms with Crippen LogP contribution in [0.5, 0.6) is 17.2 Å². The molecule has 170 valence electrons. The summed E-state index contributed by atoms with van der Waals surface area (Å²) in [5.41, 5.74) is 10.2. The van der Waals surface area contributed by atoms with Gasteiger partial charge in [0.15, 0.2) is 11.5 Å². The van der Waals surface area contributed by atoms with Crippen LogP contribution in [0.25, 0.3) is 0 Å². The van der Waals surface area contributed by atoms with Crippen LogP contribution in [0, 0.1) is 19.8 Å². The first-order valence-electron chi connectivity index (χ1n) is 10.9. The third kappa shape index (κ3) is 3.61. The predicted octanol–water partition coefficient (Wildman–Crippen LogP) is 3.32. The van der Waals surface area contributed by atoms with Crippen molar-refractivity contribution >= 4 is 5.91 Å². The van der Waals surface area contributed by atoms with Crippen LogP contribution in [0.2, 0.25) is 0 Å². The standard InChI is InChI=1S/C25H31N3O4/c1-6-10-28-24(16-8-9-18(32-7-2)19(13-16)31-5)21-22(26-27-23(21)25(28)30)20-15(4)11-14(3)12-17(20)29/h6,8-9,11-13,21-24,26-27,29H,1,7,10H2,2-5H3. The maximum absolute atomic E-state index is 13.3. The van der Waals surface area contributed by atoms with Gasteiger partial charge in [-0.15, -0.1) is 6.58 Å². The predicted molar refractivity (Wildman–Crippen MR) is 123 cm³/mol. The molecule has 2 aromatic carbocycles. The highest BCUT2D eigenvalue weighted by Gasteiger charge is 2.55. The molecule has 1 amide bonds. The lowest BCUT2D eigenvalue weighted by Crippen LogP contribution is -2.41.